The van der Waals surface area contributed by atoms with Gasteiger partial charge in [0.2, 0.25) is 5.91 Å². The number of aliphatic hydroxyl groups excluding tert-OH is 1. The predicted molar refractivity (Wildman–Crippen MR) is 179 cm³/mol. The smallest absolute Gasteiger partial charge is 0.266 e. The Morgan fingerprint density at radius 2 is 1.14 bits per heavy atom. The highest BCUT2D eigenvalue weighted by Crippen LogP contribution is 2.14. The van der Waals surface area contributed by atoms with E-state index in [0.29, 0.717) is 12.8 Å². The summed E-state index contributed by atoms with van der Waals surface area (Å²) in [5, 5.41) is 13.2. The first-order valence-corrected chi connectivity index (χ1v) is 18.4. The van der Waals surface area contributed by atoms with Gasteiger partial charge in [0.25, 0.3) is 10.1 Å². The molecule has 0 fully saturated rings. The number of allylic oxidation sites excluding steroid dienone is 8. The SMILES string of the molecule is CC/C=C\C/C=C\C/C=C\C/C=C\CCCCCCC(=O)NC(CS(=O)(=O)O)C(O)CCCCCCCCCCCC. The summed E-state index contributed by atoms with van der Waals surface area (Å²) in [6.07, 6.45) is 37.7. The van der Waals surface area contributed by atoms with Gasteiger partial charge in [-0.1, -0.05) is 140 Å². The highest BCUT2D eigenvalue weighted by molar-refractivity contribution is 7.85. The zero-order valence-corrected chi connectivity index (χ0v) is 27.7. The summed E-state index contributed by atoms with van der Waals surface area (Å²) in [5.74, 6) is -0.934. The maximum atomic E-state index is 12.4. The summed E-state index contributed by atoms with van der Waals surface area (Å²) in [6, 6.07) is -0.982. The molecule has 0 aliphatic rings. The normalized spacial score (nSPS) is 14.1. The monoisotopic (exact) mass is 609 g/mol. The van der Waals surface area contributed by atoms with Gasteiger partial charge in [-0.05, 0) is 51.4 Å². The lowest BCUT2D eigenvalue weighted by Gasteiger charge is -2.23. The van der Waals surface area contributed by atoms with E-state index in [2.05, 4.69) is 67.8 Å². The number of hydrogen-bond donors (Lipinski definition) is 3. The molecule has 0 aromatic heterocycles. The zero-order valence-electron chi connectivity index (χ0n) is 26.9. The first-order valence-electron chi connectivity index (χ1n) is 16.8. The van der Waals surface area contributed by atoms with Crippen LogP contribution >= 0.6 is 0 Å². The highest BCUT2D eigenvalue weighted by atomic mass is 32.2. The molecular formula is C35H63NO5S. The van der Waals surface area contributed by atoms with Gasteiger partial charge in [0.1, 0.15) is 0 Å². The molecule has 0 bridgehead atoms. The average molecular weight is 610 g/mol. The molecule has 42 heavy (non-hydrogen) atoms. The molecule has 1 amide bonds. The fourth-order valence-corrected chi connectivity index (χ4v) is 5.56. The van der Waals surface area contributed by atoms with E-state index < -0.39 is 28.0 Å². The van der Waals surface area contributed by atoms with Gasteiger partial charge >= 0.3 is 0 Å². The lowest BCUT2D eigenvalue weighted by molar-refractivity contribution is -0.122. The molecule has 0 aliphatic heterocycles. The Balaban J connectivity index is 4.03. The van der Waals surface area contributed by atoms with Gasteiger partial charge in [0, 0.05) is 6.42 Å². The predicted octanol–water partition coefficient (Wildman–Crippen LogP) is 9.18. The first-order chi connectivity index (χ1) is 20.3. The maximum Gasteiger partial charge on any atom is 0.266 e. The van der Waals surface area contributed by atoms with Gasteiger partial charge in [-0.25, -0.2) is 0 Å². The number of unbranched alkanes of at least 4 members (excludes halogenated alkanes) is 13. The Kier molecular flexibility index (Phi) is 28.2. The minimum Gasteiger partial charge on any atom is -0.391 e. The van der Waals surface area contributed by atoms with Gasteiger partial charge in [0.15, 0.2) is 0 Å². The van der Waals surface area contributed by atoms with Gasteiger partial charge in [-0.2, -0.15) is 8.42 Å². The lowest BCUT2D eigenvalue weighted by atomic mass is 10.0. The van der Waals surface area contributed by atoms with E-state index in [1.165, 1.54) is 44.9 Å². The quantitative estimate of drug-likeness (QED) is 0.0446. The second-order valence-electron chi connectivity index (χ2n) is 11.4. The van der Waals surface area contributed by atoms with Crippen molar-refractivity contribution in [3.8, 4) is 0 Å². The van der Waals surface area contributed by atoms with E-state index in [0.717, 1.165) is 70.6 Å². The van der Waals surface area contributed by atoms with Crippen LogP contribution in [0.3, 0.4) is 0 Å². The van der Waals surface area contributed by atoms with E-state index in [1.54, 1.807) is 0 Å². The number of hydrogen-bond acceptors (Lipinski definition) is 4. The van der Waals surface area contributed by atoms with Gasteiger partial charge in [0.05, 0.1) is 17.9 Å². The van der Waals surface area contributed by atoms with Crippen LogP contribution in [0.15, 0.2) is 48.6 Å². The molecule has 2 unspecified atom stereocenters. The van der Waals surface area contributed by atoms with Crippen molar-refractivity contribution in [1.29, 1.82) is 0 Å². The fraction of sp³-hybridized carbons (Fsp3) is 0.743. The van der Waals surface area contributed by atoms with E-state index in [4.69, 9.17) is 0 Å². The van der Waals surface area contributed by atoms with Crippen LogP contribution in [-0.2, 0) is 14.9 Å². The average Bonchev–Trinajstić information content (AvgIpc) is 2.94. The number of rotatable bonds is 29. The molecule has 0 saturated carbocycles. The van der Waals surface area contributed by atoms with Crippen molar-refractivity contribution >= 4 is 16.0 Å². The largest absolute Gasteiger partial charge is 0.391 e. The zero-order chi connectivity index (χ0) is 31.2. The van der Waals surface area contributed by atoms with Crippen LogP contribution in [0.25, 0.3) is 0 Å². The number of carbonyl (C=O) groups is 1. The van der Waals surface area contributed by atoms with Crippen LogP contribution in [0.5, 0.6) is 0 Å². The summed E-state index contributed by atoms with van der Waals surface area (Å²) >= 11 is 0. The first kappa shape index (κ1) is 40.3. The summed E-state index contributed by atoms with van der Waals surface area (Å²) in [6.45, 7) is 4.36. The van der Waals surface area contributed by atoms with Crippen LogP contribution in [-0.4, -0.2) is 41.9 Å². The fourth-order valence-electron chi connectivity index (χ4n) is 4.80. The van der Waals surface area contributed by atoms with Crippen LogP contribution in [0.1, 0.15) is 149 Å². The van der Waals surface area contributed by atoms with Crippen LogP contribution < -0.4 is 5.32 Å². The molecule has 2 atom stereocenters. The van der Waals surface area contributed by atoms with Gasteiger partial charge < -0.3 is 10.4 Å². The maximum absolute atomic E-state index is 12.4. The van der Waals surface area contributed by atoms with Crippen molar-refractivity contribution in [2.45, 2.75) is 161 Å². The molecule has 0 aromatic rings. The van der Waals surface area contributed by atoms with Crippen LogP contribution in [0.4, 0.5) is 0 Å². The third kappa shape index (κ3) is 29.8. The summed E-state index contributed by atoms with van der Waals surface area (Å²) in [7, 11) is -4.31. The van der Waals surface area contributed by atoms with E-state index >= 15 is 0 Å². The Morgan fingerprint density at radius 3 is 1.69 bits per heavy atom. The topological polar surface area (TPSA) is 104 Å². The summed E-state index contributed by atoms with van der Waals surface area (Å²) in [4.78, 5) is 12.4. The molecule has 0 spiro atoms. The molecule has 244 valence electrons. The van der Waals surface area contributed by atoms with Crippen molar-refractivity contribution < 1.29 is 22.9 Å². The Bertz CT molecular complexity index is 847. The van der Waals surface area contributed by atoms with Crippen molar-refractivity contribution in [2.75, 3.05) is 5.75 Å². The van der Waals surface area contributed by atoms with Crippen molar-refractivity contribution in [3.63, 3.8) is 0 Å². The minimum atomic E-state index is -4.31. The number of carbonyl (C=O) groups excluding carboxylic acids is 1. The van der Waals surface area contributed by atoms with E-state index in [-0.39, 0.29) is 12.3 Å². The number of aliphatic hydroxyl groups is 1. The van der Waals surface area contributed by atoms with Crippen molar-refractivity contribution in [2.24, 2.45) is 0 Å². The van der Waals surface area contributed by atoms with Crippen molar-refractivity contribution in [3.05, 3.63) is 48.6 Å². The molecule has 6 nitrogen and oxygen atoms in total. The third-order valence-electron chi connectivity index (χ3n) is 7.30. The second kappa shape index (κ2) is 29.4. The Hall–Kier alpha value is -1.70. The third-order valence-corrected chi connectivity index (χ3v) is 8.08. The molecular weight excluding hydrogens is 546 g/mol. The number of amides is 1. The molecule has 0 saturated heterocycles. The summed E-state index contributed by atoms with van der Waals surface area (Å²) in [5.41, 5.74) is 0. The molecule has 0 aromatic carbocycles. The Labute approximate surface area is 259 Å². The lowest BCUT2D eigenvalue weighted by Crippen LogP contribution is -2.47. The second-order valence-corrected chi connectivity index (χ2v) is 12.9. The molecule has 0 radical (unpaired) electrons. The molecule has 0 aliphatic carbocycles. The standard InChI is InChI=1S/C35H63NO5S/c1-3-5-7-9-11-13-15-16-17-18-19-20-21-23-25-27-29-31-35(38)36-33(32-42(39,40)41)34(37)30-28-26-24-22-14-12-10-8-6-4-2/h5,7,11,13,16-17,19-20,33-34,37H,3-4,6,8-10,12,14-15,18,21-32H2,1-2H3,(H,36,38)(H,39,40,41)/b7-5-,13-11-,17-16-,20-19-. The van der Waals surface area contributed by atoms with E-state index in [9.17, 15) is 22.9 Å². The van der Waals surface area contributed by atoms with Gasteiger partial charge in [-0.3, -0.25) is 9.35 Å². The molecule has 0 rings (SSSR count). The van der Waals surface area contributed by atoms with Crippen LogP contribution in [0.2, 0.25) is 0 Å². The minimum absolute atomic E-state index is 0.273. The Morgan fingerprint density at radius 1 is 0.667 bits per heavy atom. The van der Waals surface area contributed by atoms with E-state index in [1.807, 2.05) is 0 Å². The summed E-state index contributed by atoms with van der Waals surface area (Å²) < 4.78 is 32.3. The molecule has 7 heteroatoms. The number of nitrogens with one attached hydrogen (secondary N) is 1. The van der Waals surface area contributed by atoms with Crippen molar-refractivity contribution in [1.82, 2.24) is 5.32 Å². The highest BCUT2D eigenvalue weighted by Gasteiger charge is 2.26. The van der Waals surface area contributed by atoms with Crippen LogP contribution in [0, 0.1) is 0 Å². The molecule has 3 N–H and O–H groups in total. The van der Waals surface area contributed by atoms with Gasteiger partial charge in [-0.15, -0.1) is 0 Å². The molecule has 0 heterocycles.